The van der Waals surface area contributed by atoms with Crippen molar-refractivity contribution in [2.75, 3.05) is 0 Å². The van der Waals surface area contributed by atoms with E-state index in [0.717, 1.165) is 5.56 Å². The van der Waals surface area contributed by atoms with E-state index in [0.29, 0.717) is 10.6 Å². The van der Waals surface area contributed by atoms with Gasteiger partial charge in [0.1, 0.15) is 0 Å². The summed E-state index contributed by atoms with van der Waals surface area (Å²) in [7, 11) is 0. The van der Waals surface area contributed by atoms with Crippen molar-refractivity contribution in [3.63, 3.8) is 0 Å². The Kier molecular flexibility index (Phi) is 3.06. The van der Waals surface area contributed by atoms with Crippen molar-refractivity contribution in [1.29, 1.82) is 0 Å². The molecule has 0 saturated heterocycles. The van der Waals surface area contributed by atoms with E-state index in [1.54, 1.807) is 18.2 Å². The van der Waals surface area contributed by atoms with Crippen LogP contribution in [0.4, 0.5) is 0 Å². The zero-order chi connectivity index (χ0) is 9.14. The van der Waals surface area contributed by atoms with Crippen LogP contribution in [0.2, 0.25) is 5.02 Å². The van der Waals surface area contributed by atoms with E-state index in [1.807, 2.05) is 6.92 Å². The summed E-state index contributed by atoms with van der Waals surface area (Å²) >= 11 is 11.4. The van der Waals surface area contributed by atoms with Crippen LogP contribution in [0.3, 0.4) is 0 Å². The Balaban J connectivity index is 3.04. The molecule has 0 aliphatic rings. The number of rotatable bonds is 2. The number of nitroso groups, excluding NO2 is 1. The van der Waals surface area contributed by atoms with Crippen LogP contribution in [-0.2, 0) is 0 Å². The fraction of sp³-hybridized carbons (Fsp3) is 0.250. The number of alkyl halides is 1. The smallest absolute Gasteiger partial charge is 0.149 e. The maximum Gasteiger partial charge on any atom is 0.190 e. The molecule has 0 spiro atoms. The Morgan fingerprint density at radius 2 is 2.17 bits per heavy atom. The highest BCUT2D eigenvalue weighted by Gasteiger charge is 2.07. The highest BCUT2D eigenvalue weighted by atomic mass is 35.5. The number of nitrogens with zero attached hydrogens (tertiary/aromatic N) is 1. The van der Waals surface area contributed by atoms with E-state index in [2.05, 4.69) is 5.18 Å². The van der Waals surface area contributed by atoms with Gasteiger partial charge in [0, 0.05) is 5.02 Å². The van der Waals surface area contributed by atoms with E-state index in [9.17, 15) is 4.91 Å². The minimum Gasteiger partial charge on any atom is -0.149 e. The molecule has 1 aromatic rings. The molecule has 0 aliphatic heterocycles. The molecule has 0 bridgehead atoms. The van der Waals surface area contributed by atoms with Crippen LogP contribution in [-0.4, -0.2) is 0 Å². The highest BCUT2D eigenvalue weighted by Crippen LogP contribution is 2.25. The van der Waals surface area contributed by atoms with Gasteiger partial charge >= 0.3 is 0 Å². The van der Waals surface area contributed by atoms with Gasteiger partial charge in [-0.3, -0.25) is 0 Å². The monoisotopic (exact) mass is 203 g/mol. The third-order valence-electron chi connectivity index (χ3n) is 1.56. The van der Waals surface area contributed by atoms with Gasteiger partial charge in [0.25, 0.3) is 0 Å². The first-order valence-electron chi connectivity index (χ1n) is 3.37. The third kappa shape index (κ3) is 1.96. The largest absolute Gasteiger partial charge is 0.190 e. The summed E-state index contributed by atoms with van der Waals surface area (Å²) in [5.41, 5.74) is 0.737. The Morgan fingerprint density at radius 1 is 1.50 bits per heavy atom. The van der Waals surface area contributed by atoms with Gasteiger partial charge in [-0.2, -0.15) is 0 Å². The second kappa shape index (κ2) is 3.87. The maximum atomic E-state index is 10.1. The molecular formula is C8H7Cl2NO. The third-order valence-corrected chi connectivity index (χ3v) is 2.30. The lowest BCUT2D eigenvalue weighted by Gasteiger charge is -2.02. The highest BCUT2D eigenvalue weighted by molar-refractivity contribution is 6.31. The van der Waals surface area contributed by atoms with Crippen molar-refractivity contribution < 1.29 is 0 Å². The first kappa shape index (κ1) is 9.49. The Bertz CT molecular complexity index is 301. The molecule has 1 unspecified atom stereocenters. The Labute approximate surface area is 80.5 Å². The summed E-state index contributed by atoms with van der Waals surface area (Å²) in [5.74, 6) is 0. The van der Waals surface area contributed by atoms with Crippen LogP contribution < -0.4 is 0 Å². The van der Waals surface area contributed by atoms with Gasteiger partial charge in [-0.25, -0.2) is 0 Å². The van der Waals surface area contributed by atoms with Gasteiger partial charge in [-0.1, -0.05) is 35.3 Å². The molecule has 1 rings (SSSR count). The summed E-state index contributed by atoms with van der Waals surface area (Å²) in [6.45, 7) is 1.88. The molecule has 64 valence electrons. The van der Waals surface area contributed by atoms with Gasteiger partial charge < -0.3 is 0 Å². The van der Waals surface area contributed by atoms with Gasteiger partial charge in [0.05, 0.1) is 0 Å². The summed E-state index contributed by atoms with van der Waals surface area (Å²) in [6, 6.07) is 5.19. The SMILES string of the molecule is Cc1ccc(C(Cl)N=O)cc1Cl. The molecule has 0 fully saturated rings. The fourth-order valence-corrected chi connectivity index (χ4v) is 1.14. The molecule has 1 atom stereocenters. The van der Waals surface area contributed by atoms with Crippen molar-refractivity contribution in [3.05, 3.63) is 39.3 Å². The molecule has 0 radical (unpaired) electrons. The topological polar surface area (TPSA) is 29.4 Å². The lowest BCUT2D eigenvalue weighted by Crippen LogP contribution is -1.86. The number of benzene rings is 1. The van der Waals surface area contributed by atoms with Crippen molar-refractivity contribution in [3.8, 4) is 0 Å². The molecule has 0 saturated carbocycles. The maximum absolute atomic E-state index is 10.1. The van der Waals surface area contributed by atoms with Gasteiger partial charge in [-0.15, -0.1) is 4.91 Å². The molecule has 2 nitrogen and oxygen atoms in total. The Hall–Kier alpha value is -0.600. The Morgan fingerprint density at radius 3 is 2.67 bits per heavy atom. The van der Waals surface area contributed by atoms with Crippen molar-refractivity contribution >= 4 is 23.2 Å². The van der Waals surface area contributed by atoms with Crippen molar-refractivity contribution in [1.82, 2.24) is 0 Å². The molecule has 12 heavy (non-hydrogen) atoms. The predicted molar refractivity (Wildman–Crippen MR) is 50.6 cm³/mol. The molecule has 0 amide bonds. The molecule has 0 aromatic heterocycles. The first-order valence-corrected chi connectivity index (χ1v) is 4.19. The van der Waals surface area contributed by atoms with Gasteiger partial charge in [-0.05, 0) is 29.3 Å². The number of halogens is 2. The molecule has 0 aliphatic carbocycles. The molecular weight excluding hydrogens is 197 g/mol. The van der Waals surface area contributed by atoms with Crippen molar-refractivity contribution in [2.24, 2.45) is 5.18 Å². The van der Waals surface area contributed by atoms with Crippen LogP contribution in [0.5, 0.6) is 0 Å². The minimum atomic E-state index is -0.844. The van der Waals surface area contributed by atoms with Gasteiger partial charge in [0.2, 0.25) is 0 Å². The summed E-state index contributed by atoms with van der Waals surface area (Å²) < 4.78 is 0. The van der Waals surface area contributed by atoms with Crippen LogP contribution in [0.1, 0.15) is 16.6 Å². The van der Waals surface area contributed by atoms with E-state index in [4.69, 9.17) is 23.2 Å². The van der Waals surface area contributed by atoms with E-state index < -0.39 is 5.50 Å². The van der Waals surface area contributed by atoms with E-state index in [-0.39, 0.29) is 0 Å². The number of hydrogen-bond acceptors (Lipinski definition) is 2. The van der Waals surface area contributed by atoms with Gasteiger partial charge in [0.15, 0.2) is 5.50 Å². The van der Waals surface area contributed by atoms with E-state index >= 15 is 0 Å². The average Bonchev–Trinajstić information content (AvgIpc) is 2.08. The lowest BCUT2D eigenvalue weighted by molar-refractivity contribution is 1.00. The second-order valence-corrected chi connectivity index (χ2v) is 3.27. The minimum absolute atomic E-state index is 0.599. The van der Waals surface area contributed by atoms with Crippen LogP contribution >= 0.6 is 23.2 Å². The predicted octanol–water partition coefficient (Wildman–Crippen LogP) is 3.65. The second-order valence-electron chi connectivity index (χ2n) is 2.45. The number of hydrogen-bond donors (Lipinski definition) is 0. The molecule has 4 heteroatoms. The van der Waals surface area contributed by atoms with Crippen LogP contribution in [0, 0.1) is 11.8 Å². The quantitative estimate of drug-likeness (QED) is 0.410. The lowest BCUT2D eigenvalue weighted by atomic mass is 10.1. The molecule has 0 N–H and O–H groups in total. The van der Waals surface area contributed by atoms with E-state index in [1.165, 1.54) is 0 Å². The summed E-state index contributed by atoms with van der Waals surface area (Å²) in [6.07, 6.45) is 0. The zero-order valence-corrected chi connectivity index (χ0v) is 7.93. The van der Waals surface area contributed by atoms with Crippen molar-refractivity contribution in [2.45, 2.75) is 12.4 Å². The first-order chi connectivity index (χ1) is 5.65. The standard InChI is InChI=1S/C8H7Cl2NO/c1-5-2-3-6(4-7(5)9)8(10)11-12/h2-4,8H,1H3. The molecule has 0 heterocycles. The zero-order valence-electron chi connectivity index (χ0n) is 6.42. The molecule has 1 aromatic carbocycles. The fourth-order valence-electron chi connectivity index (χ4n) is 0.818. The number of aryl methyl sites for hydroxylation is 1. The normalized spacial score (nSPS) is 12.6. The summed E-state index contributed by atoms with van der Waals surface area (Å²) in [5, 5.41) is 3.29. The summed E-state index contributed by atoms with van der Waals surface area (Å²) in [4.78, 5) is 10.1. The van der Waals surface area contributed by atoms with Crippen LogP contribution in [0.15, 0.2) is 23.4 Å². The average molecular weight is 204 g/mol. The van der Waals surface area contributed by atoms with Crippen LogP contribution in [0.25, 0.3) is 0 Å².